The standard InChI is InChI=1S/C24H26N2O3/c1-5-28-22-13-12-19-8-6-7-9-20(19)21(22)14-25-26-23(27)15-29-24-17(3)11-10-16(2)18(24)4/h6-14H,5,15H2,1-4H3,(H,26,27)/b25-14+. The first-order valence-corrected chi connectivity index (χ1v) is 9.67. The molecule has 0 saturated heterocycles. The number of rotatable bonds is 7. The highest BCUT2D eigenvalue weighted by Crippen LogP contribution is 2.27. The number of fused-ring (bicyclic) bond motifs is 1. The van der Waals surface area contributed by atoms with Crippen molar-refractivity contribution < 1.29 is 14.3 Å². The van der Waals surface area contributed by atoms with E-state index in [9.17, 15) is 4.79 Å². The number of hydrogen-bond donors (Lipinski definition) is 1. The zero-order chi connectivity index (χ0) is 20.8. The van der Waals surface area contributed by atoms with Gasteiger partial charge < -0.3 is 9.47 Å². The number of nitrogens with zero attached hydrogens (tertiary/aromatic N) is 1. The van der Waals surface area contributed by atoms with Gasteiger partial charge in [-0.15, -0.1) is 0 Å². The summed E-state index contributed by atoms with van der Waals surface area (Å²) < 4.78 is 11.5. The molecule has 5 heteroatoms. The molecule has 0 fully saturated rings. The van der Waals surface area contributed by atoms with E-state index in [4.69, 9.17) is 9.47 Å². The van der Waals surface area contributed by atoms with Crippen LogP contribution in [0.1, 0.15) is 29.2 Å². The number of carbonyl (C=O) groups excluding carboxylic acids is 1. The maximum atomic E-state index is 12.2. The van der Waals surface area contributed by atoms with Crippen LogP contribution < -0.4 is 14.9 Å². The lowest BCUT2D eigenvalue weighted by atomic mass is 10.0. The molecule has 0 spiro atoms. The fourth-order valence-corrected chi connectivity index (χ4v) is 3.18. The lowest BCUT2D eigenvalue weighted by Crippen LogP contribution is -2.25. The molecule has 3 rings (SSSR count). The topological polar surface area (TPSA) is 59.9 Å². The Kier molecular flexibility index (Phi) is 6.50. The minimum Gasteiger partial charge on any atom is -0.493 e. The second kappa shape index (κ2) is 9.24. The number of hydrazone groups is 1. The monoisotopic (exact) mass is 390 g/mol. The van der Waals surface area contributed by atoms with Crippen LogP contribution in [-0.2, 0) is 4.79 Å². The molecule has 3 aromatic carbocycles. The second-order valence-electron chi connectivity index (χ2n) is 6.87. The Bertz CT molecular complexity index is 1060. The van der Waals surface area contributed by atoms with E-state index in [0.717, 1.165) is 44.5 Å². The minimum absolute atomic E-state index is 0.101. The summed E-state index contributed by atoms with van der Waals surface area (Å²) in [6.45, 7) is 8.36. The van der Waals surface area contributed by atoms with E-state index < -0.39 is 0 Å². The van der Waals surface area contributed by atoms with E-state index in [2.05, 4.69) is 10.5 Å². The lowest BCUT2D eigenvalue weighted by molar-refractivity contribution is -0.123. The molecule has 3 aromatic rings. The number of ether oxygens (including phenoxy) is 2. The van der Waals surface area contributed by atoms with Crippen LogP contribution >= 0.6 is 0 Å². The van der Waals surface area contributed by atoms with Crippen molar-refractivity contribution in [1.82, 2.24) is 5.43 Å². The normalized spacial score (nSPS) is 11.0. The smallest absolute Gasteiger partial charge is 0.277 e. The van der Waals surface area contributed by atoms with Crippen molar-refractivity contribution in [3.8, 4) is 11.5 Å². The first kappa shape index (κ1) is 20.4. The minimum atomic E-state index is -0.320. The van der Waals surface area contributed by atoms with Crippen molar-refractivity contribution in [2.24, 2.45) is 5.10 Å². The Morgan fingerprint density at radius 2 is 1.76 bits per heavy atom. The largest absolute Gasteiger partial charge is 0.493 e. The molecule has 1 amide bonds. The van der Waals surface area contributed by atoms with Gasteiger partial charge in [0.1, 0.15) is 11.5 Å². The third kappa shape index (κ3) is 4.74. The molecule has 0 atom stereocenters. The van der Waals surface area contributed by atoms with Gasteiger partial charge in [0.2, 0.25) is 0 Å². The van der Waals surface area contributed by atoms with Crippen molar-refractivity contribution in [1.29, 1.82) is 0 Å². The molecule has 0 aromatic heterocycles. The summed E-state index contributed by atoms with van der Waals surface area (Å²) in [6.07, 6.45) is 1.62. The molecule has 0 radical (unpaired) electrons. The van der Waals surface area contributed by atoms with Crippen LogP contribution in [0.3, 0.4) is 0 Å². The zero-order valence-corrected chi connectivity index (χ0v) is 17.3. The first-order chi connectivity index (χ1) is 14.0. The molecule has 29 heavy (non-hydrogen) atoms. The number of benzene rings is 3. The average molecular weight is 390 g/mol. The van der Waals surface area contributed by atoms with Crippen LogP contribution in [0.2, 0.25) is 0 Å². The number of nitrogens with one attached hydrogen (secondary N) is 1. The molecule has 0 aliphatic carbocycles. The van der Waals surface area contributed by atoms with Crippen molar-refractivity contribution in [3.05, 3.63) is 70.8 Å². The number of carbonyl (C=O) groups is 1. The molecule has 0 aliphatic heterocycles. The Balaban J connectivity index is 1.71. The first-order valence-electron chi connectivity index (χ1n) is 9.67. The zero-order valence-electron chi connectivity index (χ0n) is 17.3. The quantitative estimate of drug-likeness (QED) is 0.470. The van der Waals surface area contributed by atoms with E-state index in [-0.39, 0.29) is 12.5 Å². The fraction of sp³-hybridized carbons (Fsp3) is 0.250. The van der Waals surface area contributed by atoms with Crippen LogP contribution in [0, 0.1) is 20.8 Å². The predicted octanol–water partition coefficient (Wildman–Crippen LogP) is 4.69. The summed E-state index contributed by atoms with van der Waals surface area (Å²) in [6, 6.07) is 15.9. The summed E-state index contributed by atoms with van der Waals surface area (Å²) >= 11 is 0. The van der Waals surface area contributed by atoms with Gasteiger partial charge in [-0.05, 0) is 61.2 Å². The summed E-state index contributed by atoms with van der Waals surface area (Å²) in [5.41, 5.74) is 6.54. The van der Waals surface area contributed by atoms with Gasteiger partial charge >= 0.3 is 0 Å². The third-order valence-corrected chi connectivity index (χ3v) is 4.83. The molecule has 150 valence electrons. The Morgan fingerprint density at radius 3 is 2.55 bits per heavy atom. The summed E-state index contributed by atoms with van der Waals surface area (Å²) in [5.74, 6) is 1.16. The molecule has 0 aliphatic rings. The molecule has 1 N–H and O–H groups in total. The Hall–Kier alpha value is -3.34. The van der Waals surface area contributed by atoms with E-state index in [1.54, 1.807) is 6.21 Å². The maximum absolute atomic E-state index is 12.2. The summed E-state index contributed by atoms with van der Waals surface area (Å²) in [4.78, 5) is 12.2. The van der Waals surface area contributed by atoms with Crippen LogP contribution in [0.5, 0.6) is 11.5 Å². The highest BCUT2D eigenvalue weighted by molar-refractivity contribution is 6.02. The lowest BCUT2D eigenvalue weighted by Gasteiger charge is -2.13. The molecule has 0 heterocycles. The molecule has 0 unspecified atom stereocenters. The highest BCUT2D eigenvalue weighted by Gasteiger charge is 2.10. The Morgan fingerprint density at radius 1 is 1.00 bits per heavy atom. The maximum Gasteiger partial charge on any atom is 0.277 e. The van der Waals surface area contributed by atoms with Crippen molar-refractivity contribution in [2.45, 2.75) is 27.7 Å². The van der Waals surface area contributed by atoms with Crippen molar-refractivity contribution >= 4 is 22.9 Å². The van der Waals surface area contributed by atoms with E-state index in [1.807, 2.05) is 76.2 Å². The van der Waals surface area contributed by atoms with E-state index in [0.29, 0.717) is 6.61 Å². The molecule has 0 bridgehead atoms. The van der Waals surface area contributed by atoms with Crippen molar-refractivity contribution in [3.63, 3.8) is 0 Å². The van der Waals surface area contributed by atoms with Gasteiger partial charge in [-0.1, -0.05) is 42.5 Å². The van der Waals surface area contributed by atoms with Gasteiger partial charge in [0, 0.05) is 5.56 Å². The van der Waals surface area contributed by atoms with Gasteiger partial charge in [-0.3, -0.25) is 4.79 Å². The van der Waals surface area contributed by atoms with Gasteiger partial charge in [-0.25, -0.2) is 5.43 Å². The third-order valence-electron chi connectivity index (χ3n) is 4.83. The van der Waals surface area contributed by atoms with E-state index >= 15 is 0 Å². The molecule has 5 nitrogen and oxygen atoms in total. The average Bonchev–Trinajstić information content (AvgIpc) is 2.72. The van der Waals surface area contributed by atoms with Gasteiger partial charge in [-0.2, -0.15) is 5.10 Å². The molecule has 0 saturated carbocycles. The van der Waals surface area contributed by atoms with Crippen LogP contribution in [0.4, 0.5) is 0 Å². The number of aryl methyl sites for hydroxylation is 2. The summed E-state index contributed by atoms with van der Waals surface area (Å²) in [5, 5.41) is 6.22. The molecular formula is C24H26N2O3. The summed E-state index contributed by atoms with van der Waals surface area (Å²) in [7, 11) is 0. The van der Waals surface area contributed by atoms with E-state index in [1.165, 1.54) is 0 Å². The SMILES string of the molecule is CCOc1ccc2ccccc2c1/C=N/NC(=O)COc1c(C)ccc(C)c1C. The van der Waals surface area contributed by atoms with Gasteiger partial charge in [0.15, 0.2) is 6.61 Å². The van der Waals surface area contributed by atoms with Gasteiger partial charge in [0.05, 0.1) is 12.8 Å². The molecular weight excluding hydrogens is 364 g/mol. The van der Waals surface area contributed by atoms with Crippen LogP contribution in [0.15, 0.2) is 53.6 Å². The van der Waals surface area contributed by atoms with Gasteiger partial charge in [0.25, 0.3) is 5.91 Å². The Labute approximate surface area is 171 Å². The second-order valence-corrected chi connectivity index (χ2v) is 6.87. The van der Waals surface area contributed by atoms with Crippen LogP contribution in [-0.4, -0.2) is 25.3 Å². The highest BCUT2D eigenvalue weighted by atomic mass is 16.5. The van der Waals surface area contributed by atoms with Crippen LogP contribution in [0.25, 0.3) is 10.8 Å². The fourth-order valence-electron chi connectivity index (χ4n) is 3.18. The number of amides is 1. The van der Waals surface area contributed by atoms with Crippen molar-refractivity contribution in [2.75, 3.05) is 13.2 Å². The number of hydrogen-bond acceptors (Lipinski definition) is 4. The predicted molar refractivity (Wildman–Crippen MR) is 117 cm³/mol.